The fourth-order valence-corrected chi connectivity index (χ4v) is 1.93. The second kappa shape index (κ2) is 5.65. The molecule has 1 fully saturated rings. The van der Waals surface area contributed by atoms with Crippen LogP contribution >= 0.6 is 0 Å². The minimum Gasteiger partial charge on any atom is -0.481 e. The highest BCUT2D eigenvalue weighted by Crippen LogP contribution is 2.12. The Kier molecular flexibility index (Phi) is 3.93. The minimum absolute atomic E-state index is 0.594. The second-order valence-electron chi connectivity index (χ2n) is 3.95. The molecule has 0 bridgehead atoms. The number of aromatic nitrogens is 2. The molecule has 0 amide bonds. The van der Waals surface area contributed by atoms with Gasteiger partial charge in [0.2, 0.25) is 5.88 Å². The first-order valence-electron chi connectivity index (χ1n) is 5.72. The first-order chi connectivity index (χ1) is 7.88. The number of rotatable bonds is 5. The van der Waals surface area contributed by atoms with Gasteiger partial charge < -0.3 is 15.4 Å². The quantitative estimate of drug-likeness (QED) is 0.779. The molecule has 1 saturated heterocycles. The van der Waals surface area contributed by atoms with Crippen molar-refractivity contribution in [3.63, 3.8) is 0 Å². The van der Waals surface area contributed by atoms with Crippen molar-refractivity contribution in [3.05, 3.63) is 12.4 Å². The Balaban J connectivity index is 1.75. The van der Waals surface area contributed by atoms with E-state index in [1.165, 1.54) is 19.2 Å². The summed E-state index contributed by atoms with van der Waals surface area (Å²) in [4.78, 5) is 8.09. The summed E-state index contributed by atoms with van der Waals surface area (Å²) in [5.41, 5.74) is 0. The highest BCUT2D eigenvalue weighted by atomic mass is 16.5. The molecule has 0 aromatic carbocycles. The van der Waals surface area contributed by atoms with Crippen molar-refractivity contribution >= 4 is 5.82 Å². The van der Waals surface area contributed by atoms with Crippen molar-refractivity contribution in [2.45, 2.75) is 25.3 Å². The van der Waals surface area contributed by atoms with Crippen LogP contribution in [0.2, 0.25) is 0 Å². The molecule has 16 heavy (non-hydrogen) atoms. The van der Waals surface area contributed by atoms with Crippen molar-refractivity contribution in [1.29, 1.82) is 0 Å². The molecule has 0 aliphatic carbocycles. The Morgan fingerprint density at radius 2 is 2.50 bits per heavy atom. The average Bonchev–Trinajstić information content (AvgIpc) is 2.82. The van der Waals surface area contributed by atoms with Crippen LogP contribution in [0.3, 0.4) is 0 Å². The van der Waals surface area contributed by atoms with Crippen molar-refractivity contribution < 1.29 is 4.74 Å². The highest BCUT2D eigenvalue weighted by Gasteiger charge is 2.12. The molecule has 1 aliphatic rings. The Hall–Kier alpha value is -1.36. The predicted molar refractivity (Wildman–Crippen MR) is 62.7 cm³/mol. The lowest BCUT2D eigenvalue weighted by Gasteiger charge is -2.11. The summed E-state index contributed by atoms with van der Waals surface area (Å²) in [7, 11) is 1.61. The summed E-state index contributed by atoms with van der Waals surface area (Å²) in [6.07, 6.45) is 5.22. The highest BCUT2D eigenvalue weighted by molar-refractivity contribution is 5.36. The summed E-state index contributed by atoms with van der Waals surface area (Å²) in [6, 6.07) is 2.47. The van der Waals surface area contributed by atoms with Gasteiger partial charge in [-0.1, -0.05) is 0 Å². The van der Waals surface area contributed by atoms with Gasteiger partial charge in [0.05, 0.1) is 7.11 Å². The maximum absolute atomic E-state index is 5.03. The maximum Gasteiger partial charge on any atom is 0.218 e. The Morgan fingerprint density at radius 3 is 3.25 bits per heavy atom. The lowest BCUT2D eigenvalue weighted by atomic mass is 10.1. The van der Waals surface area contributed by atoms with Crippen LogP contribution in [0.25, 0.3) is 0 Å². The first kappa shape index (κ1) is 11.1. The SMILES string of the molecule is COc1cc(NCC[C@H]2CCCN2)ncn1. The van der Waals surface area contributed by atoms with Crippen molar-refractivity contribution in [2.75, 3.05) is 25.5 Å². The third-order valence-corrected chi connectivity index (χ3v) is 2.81. The number of anilines is 1. The van der Waals surface area contributed by atoms with Crippen LogP contribution in [0.15, 0.2) is 12.4 Å². The monoisotopic (exact) mass is 222 g/mol. The fourth-order valence-electron chi connectivity index (χ4n) is 1.93. The van der Waals surface area contributed by atoms with E-state index in [2.05, 4.69) is 20.6 Å². The van der Waals surface area contributed by atoms with Gasteiger partial charge in [-0.3, -0.25) is 0 Å². The van der Waals surface area contributed by atoms with Crippen molar-refractivity contribution in [3.8, 4) is 5.88 Å². The Bertz CT molecular complexity index is 326. The van der Waals surface area contributed by atoms with Crippen LogP contribution < -0.4 is 15.4 Å². The number of nitrogens with one attached hydrogen (secondary N) is 2. The van der Waals surface area contributed by atoms with E-state index in [-0.39, 0.29) is 0 Å². The topological polar surface area (TPSA) is 59.1 Å². The first-order valence-corrected chi connectivity index (χ1v) is 5.72. The van der Waals surface area contributed by atoms with Gasteiger partial charge in [-0.2, -0.15) is 0 Å². The standard InChI is InChI=1S/C11H18N4O/c1-16-11-7-10(14-8-15-11)13-6-4-9-3-2-5-12-9/h7-9,12H,2-6H2,1H3,(H,13,14,15)/t9-/m1/s1. The Morgan fingerprint density at radius 1 is 1.56 bits per heavy atom. The van der Waals surface area contributed by atoms with E-state index < -0.39 is 0 Å². The zero-order chi connectivity index (χ0) is 11.2. The van der Waals surface area contributed by atoms with E-state index >= 15 is 0 Å². The number of ether oxygens (including phenoxy) is 1. The summed E-state index contributed by atoms with van der Waals surface area (Å²) >= 11 is 0. The number of hydrogen-bond acceptors (Lipinski definition) is 5. The van der Waals surface area contributed by atoms with Crippen LogP contribution in [0.1, 0.15) is 19.3 Å². The molecule has 1 aromatic rings. The summed E-state index contributed by atoms with van der Waals surface area (Å²) in [5, 5.41) is 6.74. The zero-order valence-corrected chi connectivity index (χ0v) is 9.57. The lowest BCUT2D eigenvalue weighted by Crippen LogP contribution is -2.24. The molecule has 1 aromatic heterocycles. The van der Waals surface area contributed by atoms with Gasteiger partial charge in [-0.25, -0.2) is 9.97 Å². The molecule has 0 saturated carbocycles. The number of nitrogens with zero attached hydrogens (tertiary/aromatic N) is 2. The van der Waals surface area contributed by atoms with Gasteiger partial charge in [0, 0.05) is 18.7 Å². The summed E-state index contributed by atoms with van der Waals surface area (Å²) in [6.45, 7) is 2.09. The largest absolute Gasteiger partial charge is 0.481 e. The van der Waals surface area contributed by atoms with E-state index in [0.29, 0.717) is 11.9 Å². The number of methoxy groups -OCH3 is 1. The van der Waals surface area contributed by atoms with E-state index in [1.54, 1.807) is 7.11 Å². The van der Waals surface area contributed by atoms with E-state index in [1.807, 2.05) is 6.07 Å². The number of hydrogen-bond donors (Lipinski definition) is 2. The van der Waals surface area contributed by atoms with E-state index in [4.69, 9.17) is 4.74 Å². The maximum atomic E-state index is 5.03. The second-order valence-corrected chi connectivity index (χ2v) is 3.95. The van der Waals surface area contributed by atoms with Crippen molar-refractivity contribution in [1.82, 2.24) is 15.3 Å². The molecule has 1 aliphatic heterocycles. The molecule has 2 N–H and O–H groups in total. The molecule has 0 unspecified atom stereocenters. The van der Waals surface area contributed by atoms with Crippen LogP contribution in [0.4, 0.5) is 5.82 Å². The molecule has 5 nitrogen and oxygen atoms in total. The summed E-state index contributed by atoms with van der Waals surface area (Å²) in [5.74, 6) is 1.42. The van der Waals surface area contributed by atoms with Crippen molar-refractivity contribution in [2.24, 2.45) is 0 Å². The van der Waals surface area contributed by atoms with Gasteiger partial charge in [0.15, 0.2) is 0 Å². The van der Waals surface area contributed by atoms with Crippen LogP contribution in [0, 0.1) is 0 Å². The molecule has 1 atom stereocenters. The summed E-state index contributed by atoms with van der Waals surface area (Å²) < 4.78 is 5.03. The molecule has 2 heterocycles. The molecule has 5 heteroatoms. The van der Waals surface area contributed by atoms with Crippen LogP contribution in [-0.4, -0.2) is 36.2 Å². The fraction of sp³-hybridized carbons (Fsp3) is 0.636. The van der Waals surface area contributed by atoms with Crippen LogP contribution in [-0.2, 0) is 0 Å². The molecule has 88 valence electrons. The van der Waals surface area contributed by atoms with E-state index in [0.717, 1.165) is 25.3 Å². The van der Waals surface area contributed by atoms with Gasteiger partial charge in [0.25, 0.3) is 0 Å². The third kappa shape index (κ3) is 3.06. The smallest absolute Gasteiger partial charge is 0.218 e. The third-order valence-electron chi connectivity index (χ3n) is 2.81. The Labute approximate surface area is 95.6 Å². The van der Waals surface area contributed by atoms with Gasteiger partial charge >= 0.3 is 0 Å². The predicted octanol–water partition coefficient (Wildman–Crippen LogP) is 1.04. The average molecular weight is 222 g/mol. The molecular weight excluding hydrogens is 204 g/mol. The van der Waals surface area contributed by atoms with E-state index in [9.17, 15) is 0 Å². The molecule has 0 radical (unpaired) electrons. The van der Waals surface area contributed by atoms with Gasteiger partial charge in [-0.15, -0.1) is 0 Å². The van der Waals surface area contributed by atoms with Crippen LogP contribution in [0.5, 0.6) is 5.88 Å². The van der Waals surface area contributed by atoms with Gasteiger partial charge in [0.1, 0.15) is 12.1 Å². The molecule has 0 spiro atoms. The zero-order valence-electron chi connectivity index (χ0n) is 9.57. The molecular formula is C11H18N4O. The van der Waals surface area contributed by atoms with Gasteiger partial charge in [-0.05, 0) is 25.8 Å². The normalized spacial score (nSPS) is 19.7. The minimum atomic E-state index is 0.594. The molecule has 2 rings (SSSR count). The lowest BCUT2D eigenvalue weighted by molar-refractivity contribution is 0.397.